The zero-order valence-corrected chi connectivity index (χ0v) is 45.5. The lowest BCUT2D eigenvalue weighted by molar-refractivity contribution is -0.142. The van der Waals surface area contributed by atoms with Crippen molar-refractivity contribution in [3.63, 3.8) is 0 Å². The number of hydrogen-bond donors (Lipinski definition) is 16. The van der Waals surface area contributed by atoms with Gasteiger partial charge < -0.3 is 87.4 Å². The molecule has 9 atom stereocenters. The average molecular weight is 1120 g/mol. The van der Waals surface area contributed by atoms with Crippen molar-refractivity contribution in [1.29, 1.82) is 0 Å². The molecule has 2 aromatic carbocycles. The van der Waals surface area contributed by atoms with Crippen molar-refractivity contribution in [3.05, 3.63) is 71.9 Å². The number of unbranched alkanes of at least 4 members (excludes halogenated alkanes) is 2. The second-order valence-electron chi connectivity index (χ2n) is 19.6. The number of carboxylic acids is 1. The molecule has 3 rings (SSSR count). The number of H-pyrrole nitrogens is 1. The molecule has 0 fully saturated rings. The van der Waals surface area contributed by atoms with Gasteiger partial charge in [-0.15, -0.1) is 0 Å². The van der Waals surface area contributed by atoms with Crippen LogP contribution in [0.3, 0.4) is 0 Å². The zero-order chi connectivity index (χ0) is 59.3. The van der Waals surface area contributed by atoms with E-state index in [0.29, 0.717) is 56.2 Å². The van der Waals surface area contributed by atoms with E-state index in [1.807, 2.05) is 24.3 Å². The van der Waals surface area contributed by atoms with E-state index in [9.17, 15) is 53.1 Å². The molecule has 0 aliphatic heterocycles. The van der Waals surface area contributed by atoms with Crippen LogP contribution in [-0.2, 0) is 60.8 Å². The molecule has 0 aliphatic rings. The first-order chi connectivity index (χ1) is 38.1. The predicted molar refractivity (Wildman–Crippen MR) is 299 cm³/mol. The van der Waals surface area contributed by atoms with Crippen molar-refractivity contribution in [1.82, 2.24) is 42.2 Å². The summed E-state index contributed by atoms with van der Waals surface area (Å²) in [6, 6.07) is 4.36. The third kappa shape index (κ3) is 23.0. The Hall–Kier alpha value is -8.17. The minimum atomic E-state index is -1.75. The number of nitrogens with two attached hydrogens (primary N) is 7. The molecule has 0 radical (unpaired) electrons. The van der Waals surface area contributed by atoms with Gasteiger partial charge in [0.1, 0.15) is 42.3 Å². The number of guanidine groups is 1. The number of aromatic nitrogens is 1. The molecule has 0 spiro atoms. The molecule has 80 heavy (non-hydrogen) atoms. The van der Waals surface area contributed by atoms with Gasteiger partial charge in [-0.25, -0.2) is 4.79 Å². The molecule has 3 aromatic rings. The number of hydrogen-bond acceptors (Lipinski definition) is 14. The number of aromatic amines is 1. The highest BCUT2D eigenvalue weighted by Gasteiger charge is 2.36. The van der Waals surface area contributed by atoms with Gasteiger partial charge in [-0.2, -0.15) is 0 Å². The first kappa shape index (κ1) is 66.1. The summed E-state index contributed by atoms with van der Waals surface area (Å²) in [7, 11) is 0. The van der Waals surface area contributed by atoms with Crippen LogP contribution in [0.25, 0.3) is 10.9 Å². The summed E-state index contributed by atoms with van der Waals surface area (Å²) >= 11 is 0. The minimum absolute atomic E-state index is 0.0195. The maximum atomic E-state index is 14.5. The molecule has 440 valence electrons. The quantitative estimate of drug-likeness (QED) is 0.0157. The van der Waals surface area contributed by atoms with Crippen molar-refractivity contribution in [2.75, 3.05) is 19.6 Å². The Kier molecular flexibility index (Phi) is 28.6. The van der Waals surface area contributed by atoms with Crippen LogP contribution in [0, 0.1) is 5.92 Å². The van der Waals surface area contributed by atoms with Gasteiger partial charge >= 0.3 is 5.97 Å². The number of nitrogens with one attached hydrogen (secondary N) is 8. The Morgan fingerprint density at radius 3 is 1.68 bits per heavy atom. The third-order valence-electron chi connectivity index (χ3n) is 13.2. The topological polar surface area (TPSA) is 485 Å². The molecular formula is C53H82N16O11. The van der Waals surface area contributed by atoms with E-state index in [1.165, 1.54) is 0 Å². The predicted octanol–water partition coefficient (Wildman–Crippen LogP) is -2.74. The summed E-state index contributed by atoms with van der Waals surface area (Å²) in [5, 5.41) is 28.7. The van der Waals surface area contributed by atoms with Crippen LogP contribution in [0.4, 0.5) is 0 Å². The van der Waals surface area contributed by atoms with E-state index in [0.717, 1.165) is 10.9 Å². The third-order valence-corrected chi connectivity index (χ3v) is 13.2. The molecule has 0 bridgehead atoms. The standard InChI is InChI=1S/C53H82N16O11/c1-3-30(2)44(69-50(77)40(66-45(72)34(56)17-9-11-23-54)27-32-29-62-35-18-8-7-16-33(32)35)51(78)68-41(28-43(58)71)49(76)67-39(26-31-14-5-4-6-15-31)48(75)64-37(21-22-42(57)70)47(74)63-36(20-13-25-61-53(59)60)46(73)65-38(52(79)80)19-10-12-24-55/h4-8,14-16,18,29-30,34,36-41,44,62H,3,9-13,17,19-28,54-56H2,1-2H3,(H2,57,70)(H2,58,71)(H,63,74)(H,64,75)(H,65,73)(H,66,72)(H,67,76)(H,68,78)(H,69,77)(H,79,80)(H4,59,60,61). The van der Waals surface area contributed by atoms with E-state index < -0.39 is 133 Å². The highest BCUT2D eigenvalue weighted by molar-refractivity contribution is 5.99. The normalized spacial score (nSPS) is 14.5. The fourth-order valence-corrected chi connectivity index (χ4v) is 8.50. The Labute approximate surface area is 464 Å². The second kappa shape index (κ2) is 34.7. The van der Waals surface area contributed by atoms with Gasteiger partial charge in [0, 0.05) is 42.9 Å². The van der Waals surface area contributed by atoms with Crippen molar-refractivity contribution in [2.24, 2.45) is 51.0 Å². The van der Waals surface area contributed by atoms with E-state index in [-0.39, 0.29) is 51.2 Å². The van der Waals surface area contributed by atoms with Crippen molar-refractivity contribution in [2.45, 2.75) is 152 Å². The number of rotatable bonds is 38. The SMILES string of the molecule is CCC(C)C(NC(=O)C(Cc1c[nH]c2ccccc12)NC(=O)C(N)CCCCN)C(=O)NC(CC(N)=O)C(=O)NC(Cc1ccccc1)C(=O)NC(CCC(N)=O)C(=O)NC(CCCN=C(N)N)C(=O)NC(CCCCN)C(=O)O. The van der Waals surface area contributed by atoms with Gasteiger partial charge in [0.25, 0.3) is 0 Å². The first-order valence-electron chi connectivity index (χ1n) is 26.8. The summed E-state index contributed by atoms with van der Waals surface area (Å²) in [6.07, 6.45) is 2.50. The average Bonchev–Trinajstić information content (AvgIpc) is 3.88. The number of carbonyl (C=O) groups excluding carboxylic acids is 9. The largest absolute Gasteiger partial charge is 0.480 e. The van der Waals surface area contributed by atoms with Crippen LogP contribution >= 0.6 is 0 Å². The highest BCUT2D eigenvalue weighted by Crippen LogP contribution is 2.20. The first-order valence-corrected chi connectivity index (χ1v) is 26.8. The summed E-state index contributed by atoms with van der Waals surface area (Å²) in [5.74, 6) is -10.3. The number of fused-ring (bicyclic) bond motifs is 1. The number of amides is 9. The van der Waals surface area contributed by atoms with Gasteiger partial charge in [-0.1, -0.05) is 75.2 Å². The van der Waals surface area contributed by atoms with Crippen LogP contribution in [0.5, 0.6) is 0 Å². The van der Waals surface area contributed by atoms with Gasteiger partial charge in [0.2, 0.25) is 53.2 Å². The number of para-hydroxylation sites is 1. The van der Waals surface area contributed by atoms with E-state index in [4.69, 9.17) is 40.1 Å². The fraction of sp³-hybridized carbons (Fsp3) is 0.528. The van der Waals surface area contributed by atoms with Gasteiger partial charge in [0.15, 0.2) is 5.96 Å². The number of carboxylic acid groups (broad SMARTS) is 1. The van der Waals surface area contributed by atoms with Crippen molar-refractivity contribution < 1.29 is 53.1 Å². The van der Waals surface area contributed by atoms with Crippen LogP contribution in [0.1, 0.15) is 102 Å². The van der Waals surface area contributed by atoms with Gasteiger partial charge in [-0.3, -0.25) is 48.1 Å². The molecular weight excluding hydrogens is 1040 g/mol. The lowest BCUT2D eigenvalue weighted by Crippen LogP contribution is -2.61. The molecule has 0 saturated heterocycles. The Morgan fingerprint density at radius 1 is 0.562 bits per heavy atom. The highest BCUT2D eigenvalue weighted by atomic mass is 16.4. The fourth-order valence-electron chi connectivity index (χ4n) is 8.50. The molecule has 27 heteroatoms. The van der Waals surface area contributed by atoms with Gasteiger partial charge in [0.05, 0.1) is 12.5 Å². The number of carbonyl (C=O) groups is 10. The second-order valence-corrected chi connectivity index (χ2v) is 19.6. The lowest BCUT2D eigenvalue weighted by atomic mass is 9.96. The summed E-state index contributed by atoms with van der Waals surface area (Å²) in [4.78, 5) is 143. The maximum absolute atomic E-state index is 14.5. The molecule has 9 unspecified atom stereocenters. The molecule has 27 nitrogen and oxygen atoms in total. The van der Waals surface area contributed by atoms with E-state index in [1.54, 1.807) is 50.4 Å². The molecule has 9 amide bonds. The molecule has 0 saturated carbocycles. The Bertz CT molecular complexity index is 2580. The summed E-state index contributed by atoms with van der Waals surface area (Å²) < 4.78 is 0. The molecule has 23 N–H and O–H groups in total. The van der Waals surface area contributed by atoms with Crippen LogP contribution in [-0.4, -0.2) is 143 Å². The summed E-state index contributed by atoms with van der Waals surface area (Å²) in [6.45, 7) is 4.13. The number of benzene rings is 2. The summed E-state index contributed by atoms with van der Waals surface area (Å²) in [5.41, 5.74) is 41.4. The number of aliphatic carboxylic acids is 1. The van der Waals surface area contributed by atoms with Crippen molar-refractivity contribution >= 4 is 76.0 Å². The van der Waals surface area contributed by atoms with Crippen molar-refractivity contribution in [3.8, 4) is 0 Å². The number of aliphatic imine (C=N–C) groups is 1. The number of nitrogens with zero attached hydrogens (tertiary/aromatic N) is 1. The zero-order valence-electron chi connectivity index (χ0n) is 45.5. The maximum Gasteiger partial charge on any atom is 0.326 e. The Morgan fingerprint density at radius 2 is 1.07 bits per heavy atom. The molecule has 1 aromatic heterocycles. The molecule has 0 aliphatic carbocycles. The monoisotopic (exact) mass is 1120 g/mol. The Balaban J connectivity index is 1.96. The van der Waals surface area contributed by atoms with Crippen LogP contribution in [0.2, 0.25) is 0 Å². The number of primary amides is 2. The molecule has 1 heterocycles. The minimum Gasteiger partial charge on any atom is -0.480 e. The van der Waals surface area contributed by atoms with E-state index >= 15 is 0 Å². The van der Waals surface area contributed by atoms with Crippen LogP contribution in [0.15, 0.2) is 65.8 Å². The lowest BCUT2D eigenvalue weighted by Gasteiger charge is -2.29. The van der Waals surface area contributed by atoms with Crippen LogP contribution < -0.4 is 77.4 Å². The smallest absolute Gasteiger partial charge is 0.326 e. The van der Waals surface area contributed by atoms with Gasteiger partial charge in [-0.05, 0) is 87.6 Å². The van der Waals surface area contributed by atoms with E-state index in [2.05, 4.69) is 47.2 Å².